The van der Waals surface area contributed by atoms with E-state index in [1.165, 1.54) is 71.2 Å². The van der Waals surface area contributed by atoms with Crippen molar-refractivity contribution < 1.29 is 4.74 Å². The number of ether oxygens (including phenoxy) is 1. The third kappa shape index (κ3) is 5.41. The van der Waals surface area contributed by atoms with E-state index in [2.05, 4.69) is 16.8 Å². The minimum Gasteiger partial charge on any atom is -0.385 e. The van der Waals surface area contributed by atoms with E-state index < -0.39 is 0 Å². The Labute approximate surface area is 119 Å². The van der Waals surface area contributed by atoms with Crippen molar-refractivity contribution in [3.63, 3.8) is 0 Å². The molecule has 2 aliphatic heterocycles. The van der Waals surface area contributed by atoms with Gasteiger partial charge in [-0.25, -0.2) is 0 Å². The Kier molecular flexibility index (Phi) is 6.62. The minimum absolute atomic E-state index is 0.940. The van der Waals surface area contributed by atoms with Crippen LogP contribution in [-0.4, -0.2) is 63.3 Å². The van der Waals surface area contributed by atoms with Gasteiger partial charge in [0.25, 0.3) is 0 Å². The van der Waals surface area contributed by atoms with Crippen molar-refractivity contribution in [2.75, 3.05) is 53.5 Å². The molecule has 2 rings (SSSR count). The molecule has 0 aromatic rings. The summed E-state index contributed by atoms with van der Waals surface area (Å²) in [7, 11) is 4.06. The maximum absolute atomic E-state index is 5.15. The van der Waals surface area contributed by atoms with Crippen LogP contribution in [0.2, 0.25) is 0 Å². The van der Waals surface area contributed by atoms with Gasteiger partial charge in [-0.2, -0.15) is 0 Å². The lowest BCUT2D eigenvalue weighted by atomic mass is 9.90. The Morgan fingerprint density at radius 3 is 2.21 bits per heavy atom. The van der Waals surface area contributed by atoms with Crippen molar-refractivity contribution in [1.29, 1.82) is 0 Å². The molecule has 3 heteroatoms. The maximum atomic E-state index is 5.15. The Bertz CT molecular complexity index is 231. The quantitative estimate of drug-likeness (QED) is 0.688. The lowest BCUT2D eigenvalue weighted by molar-refractivity contribution is 0.119. The van der Waals surface area contributed by atoms with E-state index in [0.717, 1.165) is 18.4 Å². The van der Waals surface area contributed by atoms with Crippen molar-refractivity contribution in [2.24, 2.45) is 11.8 Å². The Hall–Kier alpha value is -0.120. The van der Waals surface area contributed by atoms with Crippen LogP contribution in [0, 0.1) is 11.8 Å². The summed E-state index contributed by atoms with van der Waals surface area (Å²) in [4.78, 5) is 5.20. The second-order valence-corrected chi connectivity index (χ2v) is 6.63. The van der Waals surface area contributed by atoms with Crippen molar-refractivity contribution >= 4 is 0 Å². The van der Waals surface area contributed by atoms with Crippen molar-refractivity contribution in [1.82, 2.24) is 9.80 Å². The Morgan fingerprint density at radius 1 is 0.947 bits per heavy atom. The molecule has 0 radical (unpaired) electrons. The van der Waals surface area contributed by atoms with E-state index in [0.29, 0.717) is 0 Å². The van der Waals surface area contributed by atoms with Crippen LogP contribution in [0.3, 0.4) is 0 Å². The molecule has 0 aliphatic carbocycles. The number of nitrogens with zero attached hydrogens (tertiary/aromatic N) is 2. The normalized spacial score (nSPS) is 24.9. The highest BCUT2D eigenvalue weighted by Crippen LogP contribution is 2.24. The summed E-state index contributed by atoms with van der Waals surface area (Å²) in [5, 5.41) is 0. The monoisotopic (exact) mass is 268 g/mol. The molecule has 0 aromatic heterocycles. The SMILES string of the molecule is COCCCC1CCN(CC2CCN(C)CC2)CC1. The first kappa shape index (κ1) is 15.3. The fraction of sp³-hybridized carbons (Fsp3) is 1.00. The topological polar surface area (TPSA) is 15.7 Å². The molecule has 2 fully saturated rings. The second kappa shape index (κ2) is 8.23. The molecule has 0 aromatic carbocycles. The molecule has 2 heterocycles. The van der Waals surface area contributed by atoms with E-state index in [-0.39, 0.29) is 0 Å². The highest BCUT2D eigenvalue weighted by atomic mass is 16.5. The third-order valence-electron chi connectivity index (χ3n) is 5.02. The largest absolute Gasteiger partial charge is 0.385 e. The van der Waals surface area contributed by atoms with Gasteiger partial charge in [-0.3, -0.25) is 0 Å². The van der Waals surface area contributed by atoms with Gasteiger partial charge < -0.3 is 14.5 Å². The van der Waals surface area contributed by atoms with E-state index in [1.807, 2.05) is 7.11 Å². The molecule has 2 saturated heterocycles. The lowest BCUT2D eigenvalue weighted by Gasteiger charge is -2.37. The standard InChI is InChI=1S/C16H32N2O/c1-17-9-5-16(6-10-17)14-18-11-7-15(8-12-18)4-3-13-19-2/h15-16H,3-14H2,1-2H3. The highest BCUT2D eigenvalue weighted by Gasteiger charge is 2.23. The Morgan fingerprint density at radius 2 is 1.58 bits per heavy atom. The molecule has 2 aliphatic rings. The summed E-state index contributed by atoms with van der Waals surface area (Å²) in [6, 6.07) is 0. The number of piperidine rings is 2. The van der Waals surface area contributed by atoms with E-state index in [4.69, 9.17) is 4.74 Å². The molecule has 0 amide bonds. The van der Waals surface area contributed by atoms with Gasteiger partial charge in [0.15, 0.2) is 0 Å². The lowest BCUT2D eigenvalue weighted by Crippen LogP contribution is -2.40. The first-order valence-corrected chi connectivity index (χ1v) is 8.17. The molecule has 0 N–H and O–H groups in total. The third-order valence-corrected chi connectivity index (χ3v) is 5.02. The van der Waals surface area contributed by atoms with Crippen molar-refractivity contribution in [2.45, 2.75) is 38.5 Å². The van der Waals surface area contributed by atoms with Crippen LogP contribution < -0.4 is 0 Å². The number of hydrogen-bond acceptors (Lipinski definition) is 3. The van der Waals surface area contributed by atoms with Gasteiger partial charge in [-0.1, -0.05) is 0 Å². The molecule has 3 nitrogen and oxygen atoms in total. The van der Waals surface area contributed by atoms with Crippen LogP contribution >= 0.6 is 0 Å². The van der Waals surface area contributed by atoms with Crippen LogP contribution in [0.25, 0.3) is 0 Å². The van der Waals surface area contributed by atoms with Crippen molar-refractivity contribution in [3.8, 4) is 0 Å². The van der Waals surface area contributed by atoms with Gasteiger partial charge in [0.1, 0.15) is 0 Å². The van der Waals surface area contributed by atoms with Gasteiger partial charge in [-0.15, -0.1) is 0 Å². The molecule has 19 heavy (non-hydrogen) atoms. The summed E-state index contributed by atoms with van der Waals surface area (Å²) in [5.41, 5.74) is 0. The highest BCUT2D eigenvalue weighted by molar-refractivity contribution is 4.77. The van der Waals surface area contributed by atoms with E-state index in [9.17, 15) is 0 Å². The summed E-state index contributed by atoms with van der Waals surface area (Å²) in [6.45, 7) is 7.58. The smallest absolute Gasteiger partial charge is 0.0462 e. The number of hydrogen-bond donors (Lipinski definition) is 0. The number of likely N-dealkylation sites (tertiary alicyclic amines) is 2. The van der Waals surface area contributed by atoms with E-state index in [1.54, 1.807) is 0 Å². The zero-order valence-corrected chi connectivity index (χ0v) is 12.9. The second-order valence-electron chi connectivity index (χ2n) is 6.63. The van der Waals surface area contributed by atoms with Crippen LogP contribution in [0.4, 0.5) is 0 Å². The summed E-state index contributed by atoms with van der Waals surface area (Å²) in [6.07, 6.45) is 8.26. The summed E-state index contributed by atoms with van der Waals surface area (Å²) >= 11 is 0. The minimum atomic E-state index is 0.940. The molecular formula is C16H32N2O. The predicted octanol–water partition coefficient (Wildman–Crippen LogP) is 2.47. The van der Waals surface area contributed by atoms with Crippen LogP contribution in [0.5, 0.6) is 0 Å². The molecule has 0 atom stereocenters. The molecule has 0 saturated carbocycles. The number of rotatable bonds is 6. The first-order valence-electron chi connectivity index (χ1n) is 8.17. The molecule has 0 bridgehead atoms. The molecule has 0 unspecified atom stereocenters. The predicted molar refractivity (Wildman–Crippen MR) is 80.5 cm³/mol. The maximum Gasteiger partial charge on any atom is 0.0462 e. The van der Waals surface area contributed by atoms with Gasteiger partial charge in [0.05, 0.1) is 0 Å². The van der Waals surface area contributed by atoms with Gasteiger partial charge in [-0.05, 0) is 83.6 Å². The summed E-state index contributed by atoms with van der Waals surface area (Å²) < 4.78 is 5.15. The molecule has 112 valence electrons. The van der Waals surface area contributed by atoms with Gasteiger partial charge in [0, 0.05) is 20.3 Å². The average Bonchev–Trinajstić information content (AvgIpc) is 2.44. The van der Waals surface area contributed by atoms with Crippen LogP contribution in [-0.2, 0) is 4.74 Å². The molecule has 0 spiro atoms. The van der Waals surface area contributed by atoms with Gasteiger partial charge >= 0.3 is 0 Å². The fourth-order valence-electron chi connectivity index (χ4n) is 3.58. The van der Waals surface area contributed by atoms with Gasteiger partial charge in [0.2, 0.25) is 0 Å². The van der Waals surface area contributed by atoms with E-state index >= 15 is 0 Å². The Balaban J connectivity index is 1.58. The average molecular weight is 268 g/mol. The number of methoxy groups -OCH3 is 1. The zero-order chi connectivity index (χ0) is 13.5. The molecular weight excluding hydrogens is 236 g/mol. The van der Waals surface area contributed by atoms with Crippen LogP contribution in [0.15, 0.2) is 0 Å². The zero-order valence-electron chi connectivity index (χ0n) is 12.9. The summed E-state index contributed by atoms with van der Waals surface area (Å²) in [5.74, 6) is 1.92. The first-order chi connectivity index (χ1) is 9.28. The van der Waals surface area contributed by atoms with Crippen molar-refractivity contribution in [3.05, 3.63) is 0 Å². The van der Waals surface area contributed by atoms with Crippen LogP contribution in [0.1, 0.15) is 38.5 Å². The fourth-order valence-corrected chi connectivity index (χ4v) is 3.58.